The number of hydrogen-bond acceptors (Lipinski definition) is 5. The number of ether oxygens (including phenoxy) is 1. The summed E-state index contributed by atoms with van der Waals surface area (Å²) in [6.07, 6.45) is 3.01. The molecule has 10 heteroatoms. The van der Waals surface area contributed by atoms with Crippen LogP contribution < -0.4 is 10.1 Å². The van der Waals surface area contributed by atoms with E-state index in [9.17, 15) is 8.42 Å². The lowest BCUT2D eigenvalue weighted by atomic mass is 10.2. The predicted molar refractivity (Wildman–Crippen MR) is 137 cm³/mol. The molecule has 0 fully saturated rings. The van der Waals surface area contributed by atoms with E-state index in [2.05, 4.69) is 20.3 Å². The van der Waals surface area contributed by atoms with Gasteiger partial charge in [-0.05, 0) is 29.8 Å². The highest BCUT2D eigenvalue weighted by Gasteiger charge is 2.10. The second-order valence-electron chi connectivity index (χ2n) is 7.03. The van der Waals surface area contributed by atoms with E-state index in [0.717, 1.165) is 17.1 Å². The van der Waals surface area contributed by atoms with E-state index in [1.165, 1.54) is 18.4 Å². The van der Waals surface area contributed by atoms with Crippen molar-refractivity contribution >= 4 is 39.8 Å². The number of nitrogens with zero attached hydrogens (tertiary/aromatic N) is 3. The molecule has 1 aromatic heterocycles. The van der Waals surface area contributed by atoms with Gasteiger partial charge in [-0.3, -0.25) is 4.99 Å². The Morgan fingerprint density at radius 2 is 1.84 bits per heavy atom. The minimum atomic E-state index is -3.21. The molecule has 0 saturated carbocycles. The molecule has 8 nitrogen and oxygen atoms in total. The SMILES string of the molecule is CN=C(NCCOc1ccc(S(C)(=O)=O)cc1)N(C)Cc1ncc(-c2ccccc2)[nH]1.I. The molecular weight excluding hydrogens is 541 g/mol. The van der Waals surface area contributed by atoms with E-state index in [-0.39, 0.29) is 28.9 Å². The number of aliphatic imine (C=N–C) groups is 1. The third-order valence-corrected chi connectivity index (χ3v) is 5.71. The van der Waals surface area contributed by atoms with Crippen LogP contribution in [0, 0.1) is 0 Å². The van der Waals surface area contributed by atoms with Crippen molar-refractivity contribution in [1.82, 2.24) is 20.2 Å². The number of hydrogen-bond donors (Lipinski definition) is 2. The molecule has 2 aromatic carbocycles. The number of H-pyrrole nitrogens is 1. The van der Waals surface area contributed by atoms with E-state index >= 15 is 0 Å². The van der Waals surface area contributed by atoms with Crippen molar-refractivity contribution in [1.29, 1.82) is 0 Å². The van der Waals surface area contributed by atoms with Gasteiger partial charge in [-0.1, -0.05) is 30.3 Å². The lowest BCUT2D eigenvalue weighted by molar-refractivity contribution is 0.318. The van der Waals surface area contributed by atoms with Crippen molar-refractivity contribution < 1.29 is 13.2 Å². The largest absolute Gasteiger partial charge is 0.492 e. The Labute approximate surface area is 206 Å². The topological polar surface area (TPSA) is 99.7 Å². The molecular formula is C22H28IN5O3S. The number of benzene rings is 2. The Morgan fingerprint density at radius 1 is 1.16 bits per heavy atom. The molecule has 3 aromatic rings. The summed E-state index contributed by atoms with van der Waals surface area (Å²) in [4.78, 5) is 14.3. The van der Waals surface area contributed by atoms with Gasteiger partial charge in [0.1, 0.15) is 18.2 Å². The van der Waals surface area contributed by atoms with Crippen molar-refractivity contribution in [2.75, 3.05) is 33.5 Å². The standard InChI is InChI=1S/C22H27N5O3S.HI/c1-23-22(24-13-14-30-18-9-11-19(12-10-18)31(3,28)29)27(2)16-21-25-15-20(26-21)17-7-5-4-6-8-17;/h4-12,15H,13-14,16H2,1-3H3,(H,23,24)(H,25,26);1H. The van der Waals surface area contributed by atoms with Gasteiger partial charge in [0.05, 0.1) is 29.9 Å². The minimum Gasteiger partial charge on any atom is -0.492 e. The lowest BCUT2D eigenvalue weighted by Crippen LogP contribution is -2.40. The summed E-state index contributed by atoms with van der Waals surface area (Å²) in [5.41, 5.74) is 2.07. The van der Waals surface area contributed by atoms with E-state index < -0.39 is 9.84 Å². The second-order valence-corrected chi connectivity index (χ2v) is 9.05. The number of sulfone groups is 1. The van der Waals surface area contributed by atoms with Crippen LogP contribution in [0.5, 0.6) is 5.75 Å². The van der Waals surface area contributed by atoms with Crippen LogP contribution in [0.25, 0.3) is 11.3 Å². The summed E-state index contributed by atoms with van der Waals surface area (Å²) in [7, 11) is 0.453. The fourth-order valence-corrected chi connectivity index (χ4v) is 3.64. The van der Waals surface area contributed by atoms with E-state index in [0.29, 0.717) is 31.4 Å². The summed E-state index contributed by atoms with van der Waals surface area (Å²) in [6.45, 7) is 1.52. The zero-order chi connectivity index (χ0) is 22.3. The average Bonchev–Trinajstić information content (AvgIpc) is 3.22. The molecule has 0 amide bonds. The average molecular weight is 569 g/mol. The van der Waals surface area contributed by atoms with Crippen molar-refractivity contribution in [3.63, 3.8) is 0 Å². The van der Waals surface area contributed by atoms with Crippen molar-refractivity contribution in [3.8, 4) is 17.0 Å². The maximum Gasteiger partial charge on any atom is 0.193 e. The molecule has 0 aliphatic carbocycles. The molecule has 0 unspecified atom stereocenters. The van der Waals surface area contributed by atoms with E-state index in [4.69, 9.17) is 4.74 Å². The summed E-state index contributed by atoms with van der Waals surface area (Å²) in [5.74, 6) is 2.17. The van der Waals surface area contributed by atoms with Gasteiger partial charge < -0.3 is 19.9 Å². The van der Waals surface area contributed by atoms with Crippen molar-refractivity contribution in [3.05, 3.63) is 66.6 Å². The highest BCUT2D eigenvalue weighted by molar-refractivity contribution is 14.0. The summed E-state index contributed by atoms with van der Waals surface area (Å²) in [6, 6.07) is 16.4. The Morgan fingerprint density at radius 3 is 2.47 bits per heavy atom. The molecule has 0 saturated heterocycles. The normalized spacial score (nSPS) is 11.5. The molecule has 0 bridgehead atoms. The molecule has 3 rings (SSSR count). The van der Waals surface area contributed by atoms with Gasteiger partial charge in [0.25, 0.3) is 0 Å². The Kier molecular flexibility index (Phi) is 9.51. The Bertz CT molecular complexity index is 1120. The number of aromatic amines is 1. The third-order valence-electron chi connectivity index (χ3n) is 4.58. The maximum absolute atomic E-state index is 11.5. The second kappa shape index (κ2) is 11.9. The summed E-state index contributed by atoms with van der Waals surface area (Å²) >= 11 is 0. The van der Waals surface area contributed by atoms with Crippen LogP contribution in [0.2, 0.25) is 0 Å². The molecule has 0 atom stereocenters. The van der Waals surface area contributed by atoms with Crippen LogP contribution in [0.3, 0.4) is 0 Å². The fraction of sp³-hybridized carbons (Fsp3) is 0.273. The predicted octanol–water partition coefficient (Wildman–Crippen LogP) is 3.18. The van der Waals surface area contributed by atoms with Crippen LogP contribution in [0.15, 0.2) is 70.7 Å². The first-order valence-electron chi connectivity index (χ1n) is 9.81. The Hall–Kier alpha value is -2.60. The lowest BCUT2D eigenvalue weighted by Gasteiger charge is -2.21. The number of aromatic nitrogens is 2. The quantitative estimate of drug-likeness (QED) is 0.187. The van der Waals surface area contributed by atoms with Crippen LogP contribution in [-0.2, 0) is 16.4 Å². The number of nitrogens with one attached hydrogen (secondary N) is 2. The monoisotopic (exact) mass is 569 g/mol. The molecule has 0 aliphatic heterocycles. The van der Waals surface area contributed by atoms with Crippen molar-refractivity contribution in [2.45, 2.75) is 11.4 Å². The smallest absolute Gasteiger partial charge is 0.193 e. The van der Waals surface area contributed by atoms with Gasteiger partial charge in [-0.15, -0.1) is 24.0 Å². The minimum absolute atomic E-state index is 0. The van der Waals surface area contributed by atoms with Crippen LogP contribution in [-0.4, -0.2) is 62.7 Å². The number of rotatable bonds is 8. The Balaban J connectivity index is 0.00000363. The number of halogens is 1. The zero-order valence-electron chi connectivity index (χ0n) is 18.3. The van der Waals surface area contributed by atoms with Gasteiger partial charge in [-0.2, -0.15) is 0 Å². The van der Waals surface area contributed by atoms with Gasteiger partial charge in [0.15, 0.2) is 15.8 Å². The van der Waals surface area contributed by atoms with Gasteiger partial charge >= 0.3 is 0 Å². The molecule has 1 heterocycles. The van der Waals surface area contributed by atoms with Gasteiger partial charge in [0.2, 0.25) is 0 Å². The van der Waals surface area contributed by atoms with Gasteiger partial charge in [0, 0.05) is 20.4 Å². The maximum atomic E-state index is 11.5. The molecule has 0 radical (unpaired) electrons. The summed E-state index contributed by atoms with van der Waals surface area (Å²) < 4.78 is 28.7. The van der Waals surface area contributed by atoms with Crippen molar-refractivity contribution in [2.24, 2.45) is 4.99 Å². The number of guanidine groups is 1. The highest BCUT2D eigenvalue weighted by atomic mass is 127. The van der Waals surface area contributed by atoms with Crippen LogP contribution in [0.4, 0.5) is 0 Å². The first-order valence-corrected chi connectivity index (χ1v) is 11.7. The van der Waals surface area contributed by atoms with E-state index in [1.54, 1.807) is 19.2 Å². The molecule has 0 aliphatic rings. The van der Waals surface area contributed by atoms with E-state index in [1.807, 2.05) is 48.5 Å². The fourth-order valence-electron chi connectivity index (χ4n) is 3.01. The molecule has 32 heavy (non-hydrogen) atoms. The van der Waals surface area contributed by atoms with Gasteiger partial charge in [-0.25, -0.2) is 13.4 Å². The molecule has 2 N–H and O–H groups in total. The van der Waals surface area contributed by atoms with Crippen LogP contribution >= 0.6 is 24.0 Å². The summed E-state index contributed by atoms with van der Waals surface area (Å²) in [5, 5.41) is 3.25. The first-order chi connectivity index (χ1) is 14.9. The third kappa shape index (κ3) is 7.23. The molecule has 0 spiro atoms. The van der Waals surface area contributed by atoms with Crippen LogP contribution in [0.1, 0.15) is 5.82 Å². The zero-order valence-corrected chi connectivity index (χ0v) is 21.4. The highest BCUT2D eigenvalue weighted by Crippen LogP contribution is 2.17. The first kappa shape index (κ1) is 25.7. The number of imidazole rings is 1. The molecule has 172 valence electrons.